The van der Waals surface area contributed by atoms with Gasteiger partial charge in [0.15, 0.2) is 0 Å². The Balaban J connectivity index is 1.18. The Kier molecular flexibility index (Phi) is 6.71. The van der Waals surface area contributed by atoms with E-state index in [1.165, 1.54) is 43.9 Å². The van der Waals surface area contributed by atoms with Gasteiger partial charge in [-0.3, -0.25) is 14.5 Å². The third-order valence-electron chi connectivity index (χ3n) is 8.05. The molecule has 1 heterocycles. The van der Waals surface area contributed by atoms with E-state index in [4.69, 9.17) is 0 Å². The standard InChI is InChI=1S/C26H36F2N2O2/c1-16(2)17-7-9-20(10-8-17)30-14-21-22(15-30)25(21)23(31)11-12-24(32)29-19-6-4-5-18(13-19)26(3,27)28/h4-6,13,16-17,20-22,25H,7-12,14-15H2,1-3H3,(H,29,32)/t17?,20?,21-,22+,25?. The fraction of sp³-hybridized carbons (Fsp3) is 0.692. The normalized spacial score (nSPS) is 30.2. The zero-order valence-corrected chi connectivity index (χ0v) is 19.4. The lowest BCUT2D eigenvalue weighted by Gasteiger charge is -2.37. The maximum atomic E-state index is 13.5. The molecule has 0 bridgehead atoms. The van der Waals surface area contributed by atoms with Gasteiger partial charge in [-0.05, 0) is 61.5 Å². The second-order valence-electron chi connectivity index (χ2n) is 10.6. The molecule has 0 spiro atoms. The molecule has 0 radical (unpaired) electrons. The number of amides is 1. The van der Waals surface area contributed by atoms with Gasteiger partial charge in [-0.15, -0.1) is 0 Å². The first-order chi connectivity index (χ1) is 15.1. The fourth-order valence-corrected chi connectivity index (χ4v) is 5.97. The van der Waals surface area contributed by atoms with Crippen LogP contribution < -0.4 is 5.32 Å². The first-order valence-electron chi connectivity index (χ1n) is 12.2. The summed E-state index contributed by atoms with van der Waals surface area (Å²) in [4.78, 5) is 27.5. The van der Waals surface area contributed by atoms with Crippen molar-refractivity contribution in [2.75, 3.05) is 18.4 Å². The molecule has 1 aromatic carbocycles. The molecule has 1 amide bonds. The second-order valence-corrected chi connectivity index (χ2v) is 10.6. The molecular formula is C26H36F2N2O2. The number of anilines is 1. The molecule has 1 saturated heterocycles. The predicted molar refractivity (Wildman–Crippen MR) is 122 cm³/mol. The summed E-state index contributed by atoms with van der Waals surface area (Å²) in [6.07, 6.45) is 5.55. The zero-order chi connectivity index (χ0) is 23.0. The summed E-state index contributed by atoms with van der Waals surface area (Å²) >= 11 is 0. The van der Waals surface area contributed by atoms with Gasteiger partial charge >= 0.3 is 0 Å². The highest BCUT2D eigenvalue weighted by molar-refractivity contribution is 5.94. The van der Waals surface area contributed by atoms with Crippen molar-refractivity contribution < 1.29 is 18.4 Å². The minimum absolute atomic E-state index is 0.102. The Bertz CT molecular complexity index is 830. The summed E-state index contributed by atoms with van der Waals surface area (Å²) in [6, 6.07) is 6.40. The van der Waals surface area contributed by atoms with Crippen LogP contribution in [0.2, 0.25) is 0 Å². The number of alkyl halides is 2. The van der Waals surface area contributed by atoms with E-state index in [0.717, 1.165) is 31.8 Å². The van der Waals surface area contributed by atoms with Crippen molar-refractivity contribution in [2.45, 2.75) is 71.3 Å². The maximum absolute atomic E-state index is 13.5. The molecule has 1 N–H and O–H groups in total. The van der Waals surface area contributed by atoms with Crippen LogP contribution in [0.4, 0.5) is 14.5 Å². The Labute approximate surface area is 190 Å². The summed E-state index contributed by atoms with van der Waals surface area (Å²) in [5.74, 6) is -0.371. The van der Waals surface area contributed by atoms with Crippen molar-refractivity contribution in [3.63, 3.8) is 0 Å². The van der Waals surface area contributed by atoms with E-state index in [9.17, 15) is 18.4 Å². The molecule has 6 heteroatoms. The van der Waals surface area contributed by atoms with Gasteiger partial charge in [0.1, 0.15) is 5.78 Å². The summed E-state index contributed by atoms with van der Waals surface area (Å²) in [6.45, 7) is 7.54. The number of rotatable bonds is 8. The minimum Gasteiger partial charge on any atom is -0.326 e. The lowest BCUT2D eigenvalue weighted by molar-refractivity contribution is -0.124. The molecular weight excluding hydrogens is 410 g/mol. The predicted octanol–water partition coefficient (Wildman–Crippen LogP) is 5.48. The second kappa shape index (κ2) is 9.20. The van der Waals surface area contributed by atoms with E-state index < -0.39 is 5.92 Å². The number of carbonyl (C=O) groups is 2. The van der Waals surface area contributed by atoms with E-state index in [1.807, 2.05) is 0 Å². The number of benzene rings is 1. The van der Waals surface area contributed by atoms with Gasteiger partial charge in [-0.25, -0.2) is 8.78 Å². The van der Waals surface area contributed by atoms with E-state index in [-0.39, 0.29) is 36.0 Å². The fourth-order valence-electron chi connectivity index (χ4n) is 5.97. The van der Waals surface area contributed by atoms with E-state index in [2.05, 4.69) is 24.1 Å². The number of nitrogens with zero attached hydrogens (tertiary/aromatic N) is 1. The number of piperidine rings is 1. The number of hydrogen-bond acceptors (Lipinski definition) is 3. The monoisotopic (exact) mass is 446 g/mol. The van der Waals surface area contributed by atoms with Crippen molar-refractivity contribution in [3.05, 3.63) is 29.8 Å². The number of ketones is 1. The van der Waals surface area contributed by atoms with Crippen molar-refractivity contribution >= 4 is 17.4 Å². The first-order valence-corrected chi connectivity index (χ1v) is 12.2. The lowest BCUT2D eigenvalue weighted by atomic mass is 9.79. The van der Waals surface area contributed by atoms with Gasteiger partial charge in [0.25, 0.3) is 5.92 Å². The van der Waals surface area contributed by atoms with Crippen LogP contribution in [-0.4, -0.2) is 35.7 Å². The molecule has 4 rings (SSSR count). The topological polar surface area (TPSA) is 49.4 Å². The Morgan fingerprint density at radius 2 is 1.75 bits per heavy atom. The highest BCUT2D eigenvalue weighted by Crippen LogP contribution is 2.54. The summed E-state index contributed by atoms with van der Waals surface area (Å²) in [7, 11) is 0. The number of carbonyl (C=O) groups excluding carboxylic acids is 2. The third kappa shape index (κ3) is 5.22. The molecule has 4 nitrogen and oxygen atoms in total. The Hall–Kier alpha value is -1.82. The number of fused-ring (bicyclic) bond motifs is 1. The van der Waals surface area contributed by atoms with Crippen molar-refractivity contribution in [2.24, 2.45) is 29.6 Å². The molecule has 1 unspecified atom stereocenters. The Morgan fingerprint density at radius 1 is 1.09 bits per heavy atom. The van der Waals surface area contributed by atoms with Crippen LogP contribution in [0.1, 0.15) is 64.9 Å². The van der Waals surface area contributed by atoms with Gasteiger partial charge in [0.2, 0.25) is 5.91 Å². The highest BCUT2D eigenvalue weighted by Gasteiger charge is 2.59. The zero-order valence-electron chi connectivity index (χ0n) is 19.4. The van der Waals surface area contributed by atoms with Gasteiger partial charge in [0.05, 0.1) is 0 Å². The van der Waals surface area contributed by atoms with Crippen LogP contribution in [0.25, 0.3) is 0 Å². The first kappa shape index (κ1) is 23.3. The van der Waals surface area contributed by atoms with Crippen LogP contribution in [0.5, 0.6) is 0 Å². The van der Waals surface area contributed by atoms with E-state index in [1.54, 1.807) is 6.07 Å². The van der Waals surface area contributed by atoms with Gasteiger partial charge in [0, 0.05) is 56.1 Å². The summed E-state index contributed by atoms with van der Waals surface area (Å²) in [5.41, 5.74) is 0.201. The summed E-state index contributed by atoms with van der Waals surface area (Å²) in [5, 5.41) is 2.65. The van der Waals surface area contributed by atoms with Crippen LogP contribution in [-0.2, 0) is 15.5 Å². The number of halogens is 2. The minimum atomic E-state index is -2.96. The molecule has 3 aliphatic rings. The number of hydrogen-bond donors (Lipinski definition) is 1. The highest BCUT2D eigenvalue weighted by atomic mass is 19.3. The third-order valence-corrected chi connectivity index (χ3v) is 8.05. The molecule has 32 heavy (non-hydrogen) atoms. The molecule has 2 aliphatic carbocycles. The SMILES string of the molecule is CC(C)C1CCC(N2C[C@@H]3C(C(=O)CCC(=O)Nc4cccc(C(C)(F)F)c4)[C@@H]3C2)CC1. The number of Topliss-reactive ketones (excluding diaryl/α,β-unsaturated/α-hetero) is 1. The van der Waals surface area contributed by atoms with Crippen molar-refractivity contribution in [1.82, 2.24) is 4.90 Å². The lowest BCUT2D eigenvalue weighted by Crippen LogP contribution is -2.39. The van der Waals surface area contributed by atoms with Gasteiger partial charge < -0.3 is 5.32 Å². The van der Waals surface area contributed by atoms with Crippen LogP contribution in [0.15, 0.2) is 24.3 Å². The van der Waals surface area contributed by atoms with Crippen molar-refractivity contribution in [1.29, 1.82) is 0 Å². The molecule has 1 aliphatic heterocycles. The maximum Gasteiger partial charge on any atom is 0.270 e. The van der Waals surface area contributed by atoms with Gasteiger partial charge in [-0.1, -0.05) is 26.0 Å². The van der Waals surface area contributed by atoms with E-state index >= 15 is 0 Å². The van der Waals surface area contributed by atoms with Gasteiger partial charge in [-0.2, -0.15) is 0 Å². The average Bonchev–Trinajstić information content (AvgIpc) is 3.25. The quantitative estimate of drug-likeness (QED) is 0.575. The Morgan fingerprint density at radius 3 is 2.34 bits per heavy atom. The molecule has 0 aromatic heterocycles. The van der Waals surface area contributed by atoms with Crippen LogP contribution in [0, 0.1) is 29.6 Å². The average molecular weight is 447 g/mol. The number of likely N-dealkylation sites (tertiary alicyclic amines) is 1. The van der Waals surface area contributed by atoms with Crippen LogP contribution >= 0.6 is 0 Å². The molecule has 3 atom stereocenters. The largest absolute Gasteiger partial charge is 0.326 e. The molecule has 2 saturated carbocycles. The number of nitrogens with one attached hydrogen (secondary N) is 1. The molecule has 3 fully saturated rings. The molecule has 1 aromatic rings. The van der Waals surface area contributed by atoms with Crippen LogP contribution in [0.3, 0.4) is 0 Å². The molecule has 176 valence electrons. The van der Waals surface area contributed by atoms with Crippen molar-refractivity contribution in [3.8, 4) is 0 Å². The van der Waals surface area contributed by atoms with E-state index in [0.29, 0.717) is 23.6 Å². The summed E-state index contributed by atoms with van der Waals surface area (Å²) < 4.78 is 26.9. The smallest absolute Gasteiger partial charge is 0.270 e.